The van der Waals surface area contributed by atoms with Gasteiger partial charge in [-0.15, -0.1) is 0 Å². The summed E-state index contributed by atoms with van der Waals surface area (Å²) in [5.41, 5.74) is 2.53. The zero-order chi connectivity index (χ0) is 14.7. The molecule has 0 bridgehead atoms. The van der Waals surface area contributed by atoms with Crippen LogP contribution in [-0.4, -0.2) is 16.7 Å². The van der Waals surface area contributed by atoms with Gasteiger partial charge in [-0.05, 0) is 17.5 Å². The van der Waals surface area contributed by atoms with Crippen LogP contribution in [0.1, 0.15) is 24.5 Å². The highest BCUT2D eigenvalue weighted by Gasteiger charge is 2.39. The third-order valence-electron chi connectivity index (χ3n) is 4.29. The van der Waals surface area contributed by atoms with Crippen LogP contribution in [0.25, 0.3) is 0 Å². The predicted molar refractivity (Wildman–Crippen MR) is 84.7 cm³/mol. The summed E-state index contributed by atoms with van der Waals surface area (Å²) in [5, 5.41) is 0. The van der Waals surface area contributed by atoms with E-state index < -0.39 is 0 Å². The Morgan fingerprint density at radius 3 is 1.76 bits per heavy atom. The summed E-state index contributed by atoms with van der Waals surface area (Å²) in [6.07, 6.45) is 0.985. The van der Waals surface area contributed by atoms with Crippen LogP contribution in [0.15, 0.2) is 60.7 Å². The van der Waals surface area contributed by atoms with E-state index in [1.54, 1.807) is 0 Å². The Balaban J connectivity index is 1.76. The number of Topliss-reactive ketones (excluding diaryl/α,β-unsaturated/α-hetero) is 1. The molecule has 0 amide bonds. The van der Waals surface area contributed by atoms with Crippen molar-refractivity contribution in [2.24, 2.45) is 5.92 Å². The maximum atomic E-state index is 12.1. The molecule has 0 aliphatic heterocycles. The number of hydrogen-bond acceptors (Lipinski definition) is 2. The fraction of sp³-hybridized carbons (Fsp3) is 0.316. The highest BCUT2D eigenvalue weighted by molar-refractivity contribution is 5.91. The number of hydrogen-bond donors (Lipinski definition) is 0. The van der Waals surface area contributed by atoms with Crippen molar-refractivity contribution in [1.29, 1.82) is 0 Å². The number of nitrogens with zero attached hydrogens (tertiary/aromatic N) is 1. The lowest BCUT2D eigenvalue weighted by molar-refractivity contribution is -0.138. The van der Waals surface area contributed by atoms with E-state index in [0.717, 1.165) is 19.5 Å². The first-order chi connectivity index (χ1) is 10.2. The average molecular weight is 279 g/mol. The quantitative estimate of drug-likeness (QED) is 0.832. The van der Waals surface area contributed by atoms with Crippen LogP contribution in [0.2, 0.25) is 0 Å². The van der Waals surface area contributed by atoms with Gasteiger partial charge >= 0.3 is 0 Å². The number of carbonyl (C=O) groups is 1. The van der Waals surface area contributed by atoms with E-state index >= 15 is 0 Å². The average Bonchev–Trinajstić information content (AvgIpc) is 2.53. The summed E-state index contributed by atoms with van der Waals surface area (Å²) in [4.78, 5) is 14.5. The van der Waals surface area contributed by atoms with Crippen LogP contribution >= 0.6 is 0 Å². The summed E-state index contributed by atoms with van der Waals surface area (Å²) < 4.78 is 0. The molecule has 0 heterocycles. The Hall–Kier alpha value is -1.93. The summed E-state index contributed by atoms with van der Waals surface area (Å²) in [7, 11) is 0. The molecule has 1 fully saturated rings. The van der Waals surface area contributed by atoms with Crippen molar-refractivity contribution in [2.75, 3.05) is 0 Å². The van der Waals surface area contributed by atoms with Gasteiger partial charge in [-0.1, -0.05) is 67.6 Å². The first-order valence-electron chi connectivity index (χ1n) is 7.59. The molecule has 2 atom stereocenters. The van der Waals surface area contributed by atoms with Gasteiger partial charge < -0.3 is 0 Å². The third kappa shape index (κ3) is 3.22. The van der Waals surface area contributed by atoms with Crippen LogP contribution in [0.4, 0.5) is 0 Å². The summed E-state index contributed by atoms with van der Waals surface area (Å²) in [6.45, 7) is 3.69. The summed E-state index contributed by atoms with van der Waals surface area (Å²) >= 11 is 0. The minimum atomic E-state index is 0.0837. The standard InChI is InChI=1S/C19H21NO/c1-15-12-18(19(15)21)20(13-16-8-4-2-5-9-16)14-17-10-6-3-7-11-17/h2-11,15,18H,12-14H2,1H3/t15-,18+/m1/s1. The Bertz CT molecular complexity index is 552. The monoisotopic (exact) mass is 279 g/mol. The number of rotatable bonds is 5. The third-order valence-corrected chi connectivity index (χ3v) is 4.29. The molecule has 1 aliphatic rings. The predicted octanol–water partition coefficient (Wildman–Crippen LogP) is 3.67. The lowest BCUT2D eigenvalue weighted by Gasteiger charge is -2.40. The molecule has 2 nitrogen and oxygen atoms in total. The van der Waals surface area contributed by atoms with Gasteiger partial charge in [0.05, 0.1) is 6.04 Å². The Kier molecular flexibility index (Phi) is 4.16. The summed E-state index contributed by atoms with van der Waals surface area (Å²) in [6, 6.07) is 20.9. The smallest absolute Gasteiger partial charge is 0.152 e. The number of carbonyl (C=O) groups excluding carboxylic acids is 1. The van der Waals surface area contributed by atoms with Gasteiger partial charge in [0.15, 0.2) is 5.78 Å². The van der Waals surface area contributed by atoms with Crippen molar-refractivity contribution in [3.63, 3.8) is 0 Å². The second-order valence-electron chi connectivity index (χ2n) is 5.93. The molecule has 1 saturated carbocycles. The molecule has 0 saturated heterocycles. The van der Waals surface area contributed by atoms with E-state index in [-0.39, 0.29) is 12.0 Å². The number of benzene rings is 2. The topological polar surface area (TPSA) is 20.3 Å². The van der Waals surface area contributed by atoms with E-state index in [1.807, 2.05) is 19.1 Å². The van der Waals surface area contributed by atoms with Crippen molar-refractivity contribution < 1.29 is 4.79 Å². The van der Waals surface area contributed by atoms with Crippen molar-refractivity contribution in [1.82, 2.24) is 4.90 Å². The molecule has 3 rings (SSSR count). The van der Waals surface area contributed by atoms with E-state index in [1.165, 1.54) is 11.1 Å². The van der Waals surface area contributed by atoms with Gasteiger partial charge in [-0.25, -0.2) is 0 Å². The van der Waals surface area contributed by atoms with Crippen LogP contribution in [-0.2, 0) is 17.9 Å². The molecule has 21 heavy (non-hydrogen) atoms. The molecule has 2 heteroatoms. The Morgan fingerprint density at radius 2 is 1.38 bits per heavy atom. The highest BCUT2D eigenvalue weighted by atomic mass is 16.1. The van der Waals surface area contributed by atoms with E-state index in [2.05, 4.69) is 53.4 Å². The van der Waals surface area contributed by atoms with Gasteiger partial charge in [0, 0.05) is 19.0 Å². The molecule has 1 aliphatic carbocycles. The normalized spacial score (nSPS) is 21.3. The molecule has 0 spiro atoms. The molecule has 0 radical (unpaired) electrons. The van der Waals surface area contributed by atoms with Gasteiger partial charge in [-0.2, -0.15) is 0 Å². The van der Waals surface area contributed by atoms with Crippen molar-refractivity contribution in [3.05, 3.63) is 71.8 Å². The van der Waals surface area contributed by atoms with Crippen molar-refractivity contribution >= 4 is 5.78 Å². The van der Waals surface area contributed by atoms with Crippen LogP contribution < -0.4 is 0 Å². The Morgan fingerprint density at radius 1 is 0.905 bits per heavy atom. The molecule has 2 aromatic carbocycles. The molecule has 0 aromatic heterocycles. The maximum Gasteiger partial charge on any atom is 0.152 e. The fourth-order valence-electron chi connectivity index (χ4n) is 2.98. The molecule has 108 valence electrons. The van der Waals surface area contributed by atoms with Crippen LogP contribution in [0.3, 0.4) is 0 Å². The van der Waals surface area contributed by atoms with Crippen LogP contribution in [0, 0.1) is 5.92 Å². The van der Waals surface area contributed by atoms with Crippen molar-refractivity contribution in [2.45, 2.75) is 32.5 Å². The number of ketones is 1. The summed E-state index contributed by atoms with van der Waals surface area (Å²) in [5.74, 6) is 0.617. The zero-order valence-electron chi connectivity index (χ0n) is 12.4. The zero-order valence-corrected chi connectivity index (χ0v) is 12.4. The molecular weight excluding hydrogens is 258 g/mol. The first-order valence-corrected chi connectivity index (χ1v) is 7.59. The van der Waals surface area contributed by atoms with Gasteiger partial charge in [-0.3, -0.25) is 9.69 Å². The molecule has 2 aromatic rings. The van der Waals surface area contributed by atoms with E-state index in [9.17, 15) is 4.79 Å². The first kappa shape index (κ1) is 14.0. The SMILES string of the molecule is C[C@@H]1C[C@H](N(Cc2ccccc2)Cc2ccccc2)C1=O. The van der Waals surface area contributed by atoms with E-state index in [0.29, 0.717) is 5.78 Å². The second-order valence-corrected chi connectivity index (χ2v) is 5.93. The van der Waals surface area contributed by atoms with Gasteiger partial charge in [0.2, 0.25) is 0 Å². The minimum Gasteiger partial charge on any atom is -0.298 e. The van der Waals surface area contributed by atoms with Crippen molar-refractivity contribution in [3.8, 4) is 0 Å². The van der Waals surface area contributed by atoms with Gasteiger partial charge in [0.25, 0.3) is 0 Å². The largest absolute Gasteiger partial charge is 0.298 e. The molecule has 0 N–H and O–H groups in total. The second kappa shape index (κ2) is 6.23. The lowest BCUT2D eigenvalue weighted by Crippen LogP contribution is -2.51. The van der Waals surface area contributed by atoms with E-state index in [4.69, 9.17) is 0 Å². The lowest BCUT2D eigenvalue weighted by atomic mass is 9.79. The van der Waals surface area contributed by atoms with Gasteiger partial charge in [0.1, 0.15) is 0 Å². The maximum absolute atomic E-state index is 12.1. The Labute approximate surface area is 126 Å². The minimum absolute atomic E-state index is 0.0837. The molecular formula is C19H21NO. The highest BCUT2D eigenvalue weighted by Crippen LogP contribution is 2.29. The fourth-order valence-corrected chi connectivity index (χ4v) is 2.98. The van der Waals surface area contributed by atoms with Crippen LogP contribution in [0.5, 0.6) is 0 Å². The molecule has 0 unspecified atom stereocenters.